The first-order valence-corrected chi connectivity index (χ1v) is 3.96. The summed E-state index contributed by atoms with van der Waals surface area (Å²) < 4.78 is 4.97. The summed E-state index contributed by atoms with van der Waals surface area (Å²) in [5, 5.41) is 0. The van der Waals surface area contributed by atoms with Gasteiger partial charge in [0.2, 0.25) is 0 Å². The van der Waals surface area contributed by atoms with E-state index in [1.165, 1.54) is 18.7 Å². The zero-order valence-electron chi connectivity index (χ0n) is 7.18. The fourth-order valence-corrected chi connectivity index (χ4v) is 0.955. The number of hydrogen-bond acceptors (Lipinski definition) is 4. The first kappa shape index (κ1) is 8.43. The highest BCUT2D eigenvalue weighted by molar-refractivity contribution is 5.90. The zero-order valence-corrected chi connectivity index (χ0v) is 7.18. The van der Waals surface area contributed by atoms with E-state index in [0.29, 0.717) is 11.3 Å². The van der Waals surface area contributed by atoms with Crippen molar-refractivity contribution in [3.05, 3.63) is 42.7 Å². The molecule has 0 aliphatic heterocycles. The van der Waals surface area contributed by atoms with Gasteiger partial charge in [0.25, 0.3) is 0 Å². The van der Waals surface area contributed by atoms with Gasteiger partial charge in [-0.3, -0.25) is 0 Å². The van der Waals surface area contributed by atoms with Gasteiger partial charge in [-0.15, -0.1) is 0 Å². The van der Waals surface area contributed by atoms with Gasteiger partial charge in [-0.25, -0.2) is 14.8 Å². The molecule has 14 heavy (non-hydrogen) atoms. The van der Waals surface area contributed by atoms with Crippen LogP contribution in [0.15, 0.2) is 37.2 Å². The normalized spacial score (nSPS) is 9.71. The van der Waals surface area contributed by atoms with Crippen molar-refractivity contribution in [1.82, 2.24) is 15.0 Å². The van der Waals surface area contributed by atoms with Crippen molar-refractivity contribution in [3.63, 3.8) is 0 Å². The number of nitrogens with one attached hydrogen (secondary N) is 1. The first-order valence-electron chi connectivity index (χ1n) is 3.96. The van der Waals surface area contributed by atoms with Crippen LogP contribution in [0.25, 0.3) is 0 Å². The number of esters is 1. The summed E-state index contributed by atoms with van der Waals surface area (Å²) in [6, 6.07) is 1.63. The van der Waals surface area contributed by atoms with Crippen molar-refractivity contribution in [3.8, 4) is 5.75 Å². The van der Waals surface area contributed by atoms with Gasteiger partial charge < -0.3 is 9.72 Å². The molecule has 0 saturated heterocycles. The van der Waals surface area contributed by atoms with Crippen molar-refractivity contribution in [2.24, 2.45) is 0 Å². The maximum absolute atomic E-state index is 11.4. The van der Waals surface area contributed by atoms with Gasteiger partial charge in [-0.2, -0.15) is 0 Å². The molecule has 5 heteroatoms. The Kier molecular flexibility index (Phi) is 2.22. The quantitative estimate of drug-likeness (QED) is 0.716. The monoisotopic (exact) mass is 189 g/mol. The molecule has 0 bridgehead atoms. The van der Waals surface area contributed by atoms with Gasteiger partial charge in [-0.1, -0.05) is 0 Å². The lowest BCUT2D eigenvalue weighted by Crippen LogP contribution is -2.07. The summed E-state index contributed by atoms with van der Waals surface area (Å²) in [5.41, 5.74) is 0.467. The fourth-order valence-electron chi connectivity index (χ4n) is 0.955. The van der Waals surface area contributed by atoms with Gasteiger partial charge in [0.15, 0.2) is 5.75 Å². The van der Waals surface area contributed by atoms with E-state index in [4.69, 9.17) is 4.74 Å². The zero-order chi connectivity index (χ0) is 9.80. The van der Waals surface area contributed by atoms with Crippen molar-refractivity contribution in [2.75, 3.05) is 0 Å². The predicted molar refractivity (Wildman–Crippen MR) is 47.8 cm³/mol. The van der Waals surface area contributed by atoms with Crippen LogP contribution in [0.2, 0.25) is 0 Å². The summed E-state index contributed by atoms with van der Waals surface area (Å²) in [5.74, 6) is -0.0975. The Morgan fingerprint density at radius 3 is 2.79 bits per heavy atom. The number of rotatable bonds is 2. The van der Waals surface area contributed by atoms with E-state index in [9.17, 15) is 4.79 Å². The topological polar surface area (TPSA) is 67.9 Å². The molecule has 2 rings (SSSR count). The minimum Gasteiger partial charge on any atom is -0.420 e. The predicted octanol–water partition coefficient (Wildman–Crippen LogP) is 1.02. The summed E-state index contributed by atoms with van der Waals surface area (Å²) in [4.78, 5) is 21.6. The van der Waals surface area contributed by atoms with Crippen LogP contribution in [0, 0.1) is 0 Å². The fraction of sp³-hybridized carbons (Fsp3) is 0. The molecule has 0 amide bonds. The second-order valence-electron chi connectivity index (χ2n) is 2.56. The van der Waals surface area contributed by atoms with E-state index >= 15 is 0 Å². The minimum absolute atomic E-state index is 0.332. The molecule has 0 aromatic carbocycles. The Morgan fingerprint density at radius 2 is 2.14 bits per heavy atom. The Balaban J connectivity index is 2.10. The Morgan fingerprint density at radius 1 is 1.36 bits per heavy atom. The highest BCUT2D eigenvalue weighted by Gasteiger charge is 2.08. The molecule has 70 valence electrons. The number of aromatic amines is 1. The van der Waals surface area contributed by atoms with Crippen LogP contribution < -0.4 is 4.74 Å². The van der Waals surface area contributed by atoms with E-state index in [-0.39, 0.29) is 0 Å². The van der Waals surface area contributed by atoms with Gasteiger partial charge in [0, 0.05) is 12.4 Å². The number of ether oxygens (including phenoxy) is 1. The maximum Gasteiger partial charge on any atom is 0.345 e. The molecule has 0 aliphatic carbocycles. The lowest BCUT2D eigenvalue weighted by molar-refractivity contribution is 0.0733. The van der Waals surface area contributed by atoms with E-state index in [2.05, 4.69) is 15.0 Å². The third-order valence-electron chi connectivity index (χ3n) is 1.58. The first-order chi connectivity index (χ1) is 6.86. The molecule has 2 aromatic rings. The molecular weight excluding hydrogens is 182 g/mol. The average Bonchev–Trinajstić information content (AvgIpc) is 2.72. The van der Waals surface area contributed by atoms with E-state index in [1.54, 1.807) is 18.5 Å². The molecule has 0 spiro atoms. The number of H-pyrrole nitrogens is 1. The standard InChI is InChI=1S/C9H7N3O2/c13-9(7-1-2-10-3-7)14-8-4-11-6-12-5-8/h1-6,10H. The molecular formula is C9H7N3O2. The summed E-state index contributed by atoms with van der Waals surface area (Å²) in [6.07, 6.45) is 7.44. The van der Waals surface area contributed by atoms with E-state index < -0.39 is 5.97 Å². The lowest BCUT2D eigenvalue weighted by atomic mass is 10.3. The molecule has 2 aromatic heterocycles. The van der Waals surface area contributed by atoms with Gasteiger partial charge in [-0.05, 0) is 6.07 Å². The summed E-state index contributed by atoms with van der Waals surface area (Å²) in [6.45, 7) is 0. The Bertz CT molecular complexity index is 411. The van der Waals surface area contributed by atoms with Crippen molar-refractivity contribution in [2.45, 2.75) is 0 Å². The lowest BCUT2D eigenvalue weighted by Gasteiger charge is -1.99. The van der Waals surface area contributed by atoms with E-state index in [1.807, 2.05) is 0 Å². The SMILES string of the molecule is O=C(Oc1cncnc1)c1cc[nH]c1. The smallest absolute Gasteiger partial charge is 0.345 e. The number of hydrogen-bond donors (Lipinski definition) is 1. The highest BCUT2D eigenvalue weighted by Crippen LogP contribution is 2.08. The second kappa shape index (κ2) is 3.69. The van der Waals surface area contributed by atoms with Crippen molar-refractivity contribution < 1.29 is 9.53 Å². The number of aromatic nitrogens is 3. The number of nitrogens with zero attached hydrogens (tertiary/aromatic N) is 2. The largest absolute Gasteiger partial charge is 0.420 e. The molecule has 1 N–H and O–H groups in total. The number of carbonyl (C=O) groups is 1. The second-order valence-corrected chi connectivity index (χ2v) is 2.56. The average molecular weight is 189 g/mol. The van der Waals surface area contributed by atoms with Gasteiger partial charge >= 0.3 is 5.97 Å². The molecule has 0 fully saturated rings. The van der Waals surface area contributed by atoms with Crippen molar-refractivity contribution >= 4 is 5.97 Å². The third kappa shape index (κ3) is 1.77. The molecule has 0 radical (unpaired) electrons. The molecule has 0 unspecified atom stereocenters. The van der Waals surface area contributed by atoms with Crippen LogP contribution in [-0.2, 0) is 0 Å². The van der Waals surface area contributed by atoms with Crippen LogP contribution in [-0.4, -0.2) is 20.9 Å². The highest BCUT2D eigenvalue weighted by atomic mass is 16.5. The van der Waals surface area contributed by atoms with Crippen LogP contribution in [0.5, 0.6) is 5.75 Å². The molecule has 0 atom stereocenters. The molecule has 2 heterocycles. The van der Waals surface area contributed by atoms with Crippen LogP contribution in [0.1, 0.15) is 10.4 Å². The summed E-state index contributed by atoms with van der Waals surface area (Å²) in [7, 11) is 0. The maximum atomic E-state index is 11.4. The van der Waals surface area contributed by atoms with Gasteiger partial charge in [0.05, 0.1) is 18.0 Å². The van der Waals surface area contributed by atoms with Crippen molar-refractivity contribution in [1.29, 1.82) is 0 Å². The molecule has 0 aliphatic rings. The Labute approximate surface area is 79.8 Å². The van der Waals surface area contributed by atoms with Crippen LogP contribution in [0.4, 0.5) is 0 Å². The summed E-state index contributed by atoms with van der Waals surface area (Å²) >= 11 is 0. The number of carbonyl (C=O) groups excluding carboxylic acids is 1. The van der Waals surface area contributed by atoms with Crippen LogP contribution in [0.3, 0.4) is 0 Å². The van der Waals surface area contributed by atoms with E-state index in [0.717, 1.165) is 0 Å². The third-order valence-corrected chi connectivity index (χ3v) is 1.58. The van der Waals surface area contributed by atoms with Gasteiger partial charge in [0.1, 0.15) is 6.33 Å². The Hall–Kier alpha value is -2.17. The minimum atomic E-state index is -0.430. The van der Waals surface area contributed by atoms with Crippen LogP contribution >= 0.6 is 0 Å². The molecule has 5 nitrogen and oxygen atoms in total. The molecule has 0 saturated carbocycles.